The number of nitro benzene ring substituents is 1. The molecular formula is C20H15ClN6O2. The van der Waals surface area contributed by atoms with Gasteiger partial charge < -0.3 is 5.32 Å². The van der Waals surface area contributed by atoms with Crippen molar-refractivity contribution < 1.29 is 4.92 Å². The average Bonchev–Trinajstić information content (AvgIpc) is 3.17. The Morgan fingerprint density at radius 2 is 1.83 bits per heavy atom. The minimum atomic E-state index is -0.421. The molecule has 0 radical (unpaired) electrons. The maximum atomic E-state index is 10.7. The third-order valence-electron chi connectivity index (χ3n) is 4.17. The van der Waals surface area contributed by atoms with Crippen LogP contribution in [0.3, 0.4) is 0 Å². The van der Waals surface area contributed by atoms with Gasteiger partial charge >= 0.3 is 0 Å². The molecule has 0 aliphatic rings. The molecular weight excluding hydrogens is 392 g/mol. The van der Waals surface area contributed by atoms with Crippen molar-refractivity contribution >= 4 is 28.9 Å². The summed E-state index contributed by atoms with van der Waals surface area (Å²) < 4.78 is 1.72. The van der Waals surface area contributed by atoms with E-state index in [-0.39, 0.29) is 5.69 Å². The lowest BCUT2D eigenvalue weighted by Gasteiger charge is -2.07. The van der Waals surface area contributed by atoms with Crippen LogP contribution < -0.4 is 5.32 Å². The Labute approximate surface area is 171 Å². The molecule has 0 amide bonds. The first-order valence-corrected chi connectivity index (χ1v) is 9.07. The lowest BCUT2D eigenvalue weighted by molar-refractivity contribution is -0.384. The van der Waals surface area contributed by atoms with Crippen molar-refractivity contribution in [3.63, 3.8) is 0 Å². The molecule has 0 saturated heterocycles. The maximum Gasteiger partial charge on any atom is 0.269 e. The second kappa shape index (κ2) is 8.07. The monoisotopic (exact) mass is 406 g/mol. The topological polar surface area (TPSA) is 98.8 Å². The van der Waals surface area contributed by atoms with Crippen LogP contribution in [-0.2, 0) is 6.54 Å². The SMILES string of the molecule is O=[N+]([O-])c1ccc(Cn2cc(Nc3ncc(Cl)c(-c4ccccc4)n3)cn2)cc1. The highest BCUT2D eigenvalue weighted by Gasteiger charge is 2.09. The van der Waals surface area contributed by atoms with Gasteiger partial charge in [-0.05, 0) is 5.56 Å². The van der Waals surface area contributed by atoms with Gasteiger partial charge in [-0.25, -0.2) is 9.97 Å². The quantitative estimate of drug-likeness (QED) is 0.368. The van der Waals surface area contributed by atoms with Crippen LogP contribution in [-0.4, -0.2) is 24.7 Å². The standard InChI is InChI=1S/C20H15ClN6O2/c21-18-11-22-20(25-19(18)15-4-2-1-3-5-15)24-16-10-23-26(13-16)12-14-6-8-17(9-7-14)27(28)29/h1-11,13H,12H2,(H,22,24,25). The van der Waals surface area contributed by atoms with Crippen molar-refractivity contribution in [2.24, 2.45) is 0 Å². The van der Waals surface area contributed by atoms with Gasteiger partial charge in [-0.2, -0.15) is 5.10 Å². The van der Waals surface area contributed by atoms with Gasteiger partial charge in [-0.1, -0.05) is 54.1 Å². The fraction of sp³-hybridized carbons (Fsp3) is 0.0500. The van der Waals surface area contributed by atoms with Crippen LogP contribution >= 0.6 is 11.6 Å². The second-order valence-electron chi connectivity index (χ2n) is 6.23. The third kappa shape index (κ3) is 4.39. The van der Waals surface area contributed by atoms with E-state index in [1.165, 1.54) is 12.1 Å². The summed E-state index contributed by atoms with van der Waals surface area (Å²) in [4.78, 5) is 19.0. The molecule has 144 valence electrons. The number of rotatable bonds is 6. The molecule has 4 rings (SSSR count). The number of hydrogen-bond acceptors (Lipinski definition) is 6. The first-order valence-electron chi connectivity index (χ1n) is 8.69. The van der Waals surface area contributed by atoms with E-state index in [0.717, 1.165) is 11.1 Å². The van der Waals surface area contributed by atoms with Gasteiger partial charge in [0, 0.05) is 23.9 Å². The Morgan fingerprint density at radius 3 is 2.55 bits per heavy atom. The number of aromatic nitrogens is 4. The van der Waals surface area contributed by atoms with Crippen LogP contribution in [0.1, 0.15) is 5.56 Å². The molecule has 4 aromatic rings. The third-order valence-corrected chi connectivity index (χ3v) is 4.45. The number of nitrogens with one attached hydrogen (secondary N) is 1. The molecule has 2 aromatic heterocycles. The lowest BCUT2D eigenvalue weighted by Crippen LogP contribution is -2.00. The predicted molar refractivity (Wildman–Crippen MR) is 110 cm³/mol. The molecule has 9 heteroatoms. The van der Waals surface area contributed by atoms with Crippen LogP contribution in [0.5, 0.6) is 0 Å². The fourth-order valence-electron chi connectivity index (χ4n) is 2.78. The highest BCUT2D eigenvalue weighted by Crippen LogP contribution is 2.26. The van der Waals surface area contributed by atoms with Crippen LogP contribution in [0.2, 0.25) is 5.02 Å². The second-order valence-corrected chi connectivity index (χ2v) is 6.64. The summed E-state index contributed by atoms with van der Waals surface area (Å²) in [5.74, 6) is 0.406. The van der Waals surface area contributed by atoms with E-state index >= 15 is 0 Å². The predicted octanol–water partition coefficient (Wildman–Crippen LogP) is 4.69. The van der Waals surface area contributed by atoms with E-state index in [2.05, 4.69) is 20.4 Å². The van der Waals surface area contributed by atoms with Gasteiger partial charge in [-0.3, -0.25) is 14.8 Å². The summed E-state index contributed by atoms with van der Waals surface area (Å²) in [6, 6.07) is 16.0. The number of hydrogen-bond donors (Lipinski definition) is 1. The number of non-ortho nitro benzene ring substituents is 1. The summed E-state index contributed by atoms with van der Waals surface area (Å²) in [7, 11) is 0. The molecule has 0 aliphatic carbocycles. The zero-order chi connectivity index (χ0) is 20.2. The summed E-state index contributed by atoms with van der Waals surface area (Å²) in [5, 5.41) is 18.6. The molecule has 0 aliphatic heterocycles. The molecule has 1 N–H and O–H groups in total. The van der Waals surface area contributed by atoms with E-state index in [0.29, 0.717) is 28.9 Å². The van der Waals surface area contributed by atoms with Crippen molar-refractivity contribution in [2.75, 3.05) is 5.32 Å². The highest BCUT2D eigenvalue weighted by atomic mass is 35.5. The first kappa shape index (κ1) is 18.6. The van der Waals surface area contributed by atoms with E-state index < -0.39 is 4.92 Å². The number of nitro groups is 1. The van der Waals surface area contributed by atoms with Crippen molar-refractivity contribution in [3.8, 4) is 11.3 Å². The zero-order valence-corrected chi connectivity index (χ0v) is 15.8. The largest absolute Gasteiger partial charge is 0.321 e. The van der Waals surface area contributed by atoms with E-state index in [9.17, 15) is 10.1 Å². The molecule has 29 heavy (non-hydrogen) atoms. The van der Waals surface area contributed by atoms with Gasteiger partial charge in [0.1, 0.15) is 0 Å². The molecule has 0 fully saturated rings. The molecule has 0 bridgehead atoms. The molecule has 0 atom stereocenters. The summed E-state index contributed by atoms with van der Waals surface area (Å²) in [5.41, 5.74) is 3.22. The Bertz CT molecular complexity index is 1150. The molecule has 0 spiro atoms. The van der Waals surface area contributed by atoms with Gasteiger partial charge in [0.2, 0.25) is 5.95 Å². The number of halogens is 1. The molecule has 0 unspecified atom stereocenters. The Balaban J connectivity index is 1.48. The van der Waals surface area contributed by atoms with Gasteiger partial charge in [0.15, 0.2) is 0 Å². The molecule has 8 nitrogen and oxygen atoms in total. The van der Waals surface area contributed by atoms with Crippen molar-refractivity contribution in [1.29, 1.82) is 0 Å². The fourth-order valence-corrected chi connectivity index (χ4v) is 2.98. The molecule has 0 saturated carbocycles. The molecule has 2 aromatic carbocycles. The van der Waals surface area contributed by atoms with Crippen molar-refractivity contribution in [2.45, 2.75) is 6.54 Å². The smallest absolute Gasteiger partial charge is 0.269 e. The number of benzene rings is 2. The summed E-state index contributed by atoms with van der Waals surface area (Å²) in [6.45, 7) is 0.483. The van der Waals surface area contributed by atoms with Crippen molar-refractivity contribution in [1.82, 2.24) is 19.7 Å². The first-order chi connectivity index (χ1) is 14.1. The van der Waals surface area contributed by atoms with E-state index in [1.807, 2.05) is 36.5 Å². The van der Waals surface area contributed by atoms with Gasteiger partial charge in [0.05, 0.1) is 40.3 Å². The van der Waals surface area contributed by atoms with E-state index in [1.54, 1.807) is 29.2 Å². The highest BCUT2D eigenvalue weighted by molar-refractivity contribution is 6.32. The normalized spacial score (nSPS) is 10.7. The summed E-state index contributed by atoms with van der Waals surface area (Å²) in [6.07, 6.45) is 5.02. The Morgan fingerprint density at radius 1 is 1.07 bits per heavy atom. The summed E-state index contributed by atoms with van der Waals surface area (Å²) >= 11 is 6.25. The van der Waals surface area contributed by atoms with Crippen LogP contribution in [0, 0.1) is 10.1 Å². The van der Waals surface area contributed by atoms with Crippen LogP contribution in [0.4, 0.5) is 17.3 Å². The van der Waals surface area contributed by atoms with Gasteiger partial charge in [0.25, 0.3) is 5.69 Å². The average molecular weight is 407 g/mol. The van der Waals surface area contributed by atoms with Crippen LogP contribution in [0.25, 0.3) is 11.3 Å². The van der Waals surface area contributed by atoms with Crippen LogP contribution in [0.15, 0.2) is 73.2 Å². The minimum absolute atomic E-state index is 0.0608. The number of nitrogens with zero attached hydrogens (tertiary/aromatic N) is 5. The van der Waals surface area contributed by atoms with Crippen molar-refractivity contribution in [3.05, 3.63) is 93.9 Å². The Hall–Kier alpha value is -3.78. The van der Waals surface area contributed by atoms with E-state index in [4.69, 9.17) is 11.6 Å². The lowest BCUT2D eigenvalue weighted by atomic mass is 10.1. The van der Waals surface area contributed by atoms with Gasteiger partial charge in [-0.15, -0.1) is 0 Å². The Kier molecular flexibility index (Phi) is 5.17. The zero-order valence-electron chi connectivity index (χ0n) is 15.1. The molecule has 2 heterocycles. The number of anilines is 2. The maximum absolute atomic E-state index is 10.7. The minimum Gasteiger partial charge on any atom is -0.321 e.